The number of rotatable bonds is 5. The van der Waals surface area contributed by atoms with Gasteiger partial charge in [-0.15, -0.1) is 0 Å². The fourth-order valence-corrected chi connectivity index (χ4v) is 1.61. The van der Waals surface area contributed by atoms with E-state index in [-0.39, 0.29) is 0 Å². The molecule has 0 heterocycles. The van der Waals surface area contributed by atoms with Crippen molar-refractivity contribution < 1.29 is 0 Å². The summed E-state index contributed by atoms with van der Waals surface area (Å²) in [5.41, 5.74) is 9.34. The zero-order valence-corrected chi connectivity index (χ0v) is 10.8. The molecule has 3 nitrogen and oxygen atoms in total. The van der Waals surface area contributed by atoms with Crippen LogP contribution >= 0.6 is 0 Å². The van der Waals surface area contributed by atoms with Crippen LogP contribution in [-0.4, -0.2) is 44.0 Å². The maximum atomic E-state index is 5.96. The first-order chi connectivity index (χ1) is 7.49. The molecule has 0 bridgehead atoms. The summed E-state index contributed by atoms with van der Waals surface area (Å²) in [4.78, 5) is 4.49. The van der Waals surface area contributed by atoms with Crippen LogP contribution in [0, 0.1) is 6.92 Å². The van der Waals surface area contributed by atoms with Crippen molar-refractivity contribution >= 4 is 5.69 Å². The summed E-state index contributed by atoms with van der Waals surface area (Å²) in [7, 11) is 6.31. The SMILES string of the molecule is Cc1ccc(N)c(CN(C)CCN(C)C)c1. The molecule has 2 N–H and O–H groups in total. The molecule has 0 aliphatic carbocycles. The predicted octanol–water partition coefficient (Wildman–Crippen LogP) is 1.57. The van der Waals surface area contributed by atoms with Crippen LogP contribution in [0.5, 0.6) is 0 Å². The van der Waals surface area contributed by atoms with Gasteiger partial charge in [0.1, 0.15) is 0 Å². The van der Waals surface area contributed by atoms with E-state index in [2.05, 4.69) is 50.0 Å². The molecular formula is C13H23N3. The average molecular weight is 221 g/mol. The summed E-state index contributed by atoms with van der Waals surface area (Å²) in [6.07, 6.45) is 0. The molecule has 16 heavy (non-hydrogen) atoms. The molecule has 0 aliphatic heterocycles. The highest BCUT2D eigenvalue weighted by Crippen LogP contribution is 2.15. The second-order valence-electron chi connectivity index (χ2n) is 4.74. The van der Waals surface area contributed by atoms with Crippen LogP contribution in [0.15, 0.2) is 18.2 Å². The Morgan fingerprint density at radius 2 is 1.81 bits per heavy atom. The van der Waals surface area contributed by atoms with Gasteiger partial charge in [-0.3, -0.25) is 0 Å². The third kappa shape index (κ3) is 4.21. The molecule has 0 amide bonds. The molecule has 0 spiro atoms. The normalized spacial score (nSPS) is 11.4. The molecule has 1 aromatic carbocycles. The number of hydrogen-bond acceptors (Lipinski definition) is 3. The minimum atomic E-state index is 0.891. The highest BCUT2D eigenvalue weighted by atomic mass is 15.1. The van der Waals surface area contributed by atoms with Crippen LogP contribution in [0.25, 0.3) is 0 Å². The maximum Gasteiger partial charge on any atom is 0.0359 e. The summed E-state index contributed by atoms with van der Waals surface area (Å²) >= 11 is 0. The Hall–Kier alpha value is -1.06. The zero-order valence-electron chi connectivity index (χ0n) is 10.8. The Labute approximate surface area is 98.8 Å². The van der Waals surface area contributed by atoms with Gasteiger partial charge in [0.15, 0.2) is 0 Å². The molecule has 0 aliphatic rings. The van der Waals surface area contributed by atoms with Crippen molar-refractivity contribution in [1.82, 2.24) is 9.80 Å². The smallest absolute Gasteiger partial charge is 0.0359 e. The van der Waals surface area contributed by atoms with Crippen LogP contribution < -0.4 is 5.73 Å². The van der Waals surface area contributed by atoms with E-state index < -0.39 is 0 Å². The quantitative estimate of drug-likeness (QED) is 0.766. The minimum Gasteiger partial charge on any atom is -0.398 e. The lowest BCUT2D eigenvalue weighted by atomic mass is 10.1. The molecule has 90 valence electrons. The van der Waals surface area contributed by atoms with E-state index in [0.29, 0.717) is 0 Å². The lowest BCUT2D eigenvalue weighted by molar-refractivity contribution is 0.276. The van der Waals surface area contributed by atoms with Gasteiger partial charge in [-0.05, 0) is 39.7 Å². The van der Waals surface area contributed by atoms with Crippen molar-refractivity contribution in [1.29, 1.82) is 0 Å². The van der Waals surface area contributed by atoms with Gasteiger partial charge in [0.05, 0.1) is 0 Å². The number of nitrogens with two attached hydrogens (primary N) is 1. The first-order valence-corrected chi connectivity index (χ1v) is 5.67. The topological polar surface area (TPSA) is 32.5 Å². The number of benzene rings is 1. The van der Waals surface area contributed by atoms with Gasteiger partial charge in [0.25, 0.3) is 0 Å². The highest BCUT2D eigenvalue weighted by Gasteiger charge is 2.04. The Balaban J connectivity index is 2.55. The van der Waals surface area contributed by atoms with Crippen molar-refractivity contribution in [2.24, 2.45) is 0 Å². The molecule has 0 fully saturated rings. The minimum absolute atomic E-state index is 0.891. The Morgan fingerprint density at radius 1 is 1.12 bits per heavy atom. The van der Waals surface area contributed by atoms with Gasteiger partial charge in [-0.25, -0.2) is 0 Å². The molecule has 0 saturated heterocycles. The Bertz CT molecular complexity index is 334. The van der Waals surface area contributed by atoms with Crippen molar-refractivity contribution in [3.63, 3.8) is 0 Å². The Morgan fingerprint density at radius 3 is 2.44 bits per heavy atom. The van der Waals surface area contributed by atoms with Crippen LogP contribution in [0.3, 0.4) is 0 Å². The van der Waals surface area contributed by atoms with E-state index in [0.717, 1.165) is 25.3 Å². The van der Waals surface area contributed by atoms with Crippen molar-refractivity contribution in [3.05, 3.63) is 29.3 Å². The van der Waals surface area contributed by atoms with Crippen LogP contribution in [-0.2, 0) is 6.54 Å². The van der Waals surface area contributed by atoms with Crippen LogP contribution in [0.4, 0.5) is 5.69 Å². The number of nitrogens with zero attached hydrogens (tertiary/aromatic N) is 2. The fourth-order valence-electron chi connectivity index (χ4n) is 1.61. The summed E-state index contributed by atoms with van der Waals surface area (Å²) in [5, 5.41) is 0. The first kappa shape index (κ1) is 13.0. The lowest BCUT2D eigenvalue weighted by Gasteiger charge is -2.20. The number of likely N-dealkylation sites (N-methyl/N-ethyl adjacent to an activating group) is 2. The van der Waals surface area contributed by atoms with E-state index in [1.165, 1.54) is 11.1 Å². The standard InChI is InChI=1S/C13H23N3/c1-11-5-6-13(14)12(9-11)10-16(4)8-7-15(2)3/h5-6,9H,7-8,10,14H2,1-4H3. The largest absolute Gasteiger partial charge is 0.398 e. The van der Waals surface area contributed by atoms with E-state index in [1.54, 1.807) is 0 Å². The van der Waals surface area contributed by atoms with Crippen LogP contribution in [0.2, 0.25) is 0 Å². The first-order valence-electron chi connectivity index (χ1n) is 5.67. The summed E-state index contributed by atoms with van der Waals surface area (Å²) < 4.78 is 0. The molecule has 0 saturated carbocycles. The van der Waals surface area contributed by atoms with E-state index in [1.807, 2.05) is 6.07 Å². The van der Waals surface area contributed by atoms with Crippen molar-refractivity contribution in [3.8, 4) is 0 Å². The molecule has 3 heteroatoms. The number of anilines is 1. The highest BCUT2D eigenvalue weighted by molar-refractivity contribution is 5.48. The maximum absolute atomic E-state index is 5.96. The molecule has 0 aromatic heterocycles. The third-order valence-corrected chi connectivity index (χ3v) is 2.67. The second-order valence-corrected chi connectivity index (χ2v) is 4.74. The van der Waals surface area contributed by atoms with Crippen LogP contribution in [0.1, 0.15) is 11.1 Å². The lowest BCUT2D eigenvalue weighted by Crippen LogP contribution is -2.28. The molecule has 0 atom stereocenters. The van der Waals surface area contributed by atoms with E-state index in [9.17, 15) is 0 Å². The summed E-state index contributed by atoms with van der Waals surface area (Å²) in [6.45, 7) is 5.15. The van der Waals surface area contributed by atoms with Crippen molar-refractivity contribution in [2.75, 3.05) is 40.0 Å². The fraction of sp³-hybridized carbons (Fsp3) is 0.538. The molecular weight excluding hydrogens is 198 g/mol. The zero-order chi connectivity index (χ0) is 12.1. The number of aryl methyl sites for hydroxylation is 1. The number of hydrogen-bond donors (Lipinski definition) is 1. The molecule has 1 rings (SSSR count). The monoisotopic (exact) mass is 221 g/mol. The van der Waals surface area contributed by atoms with E-state index >= 15 is 0 Å². The van der Waals surface area contributed by atoms with E-state index in [4.69, 9.17) is 5.73 Å². The predicted molar refractivity (Wildman–Crippen MR) is 70.5 cm³/mol. The van der Waals surface area contributed by atoms with Gasteiger partial charge in [0.2, 0.25) is 0 Å². The number of nitrogen functional groups attached to an aromatic ring is 1. The van der Waals surface area contributed by atoms with Gasteiger partial charge in [0, 0.05) is 25.3 Å². The second kappa shape index (κ2) is 5.87. The molecule has 0 radical (unpaired) electrons. The van der Waals surface area contributed by atoms with Gasteiger partial charge < -0.3 is 15.5 Å². The summed E-state index contributed by atoms with van der Waals surface area (Å²) in [6, 6.07) is 6.21. The van der Waals surface area contributed by atoms with Crippen molar-refractivity contribution in [2.45, 2.75) is 13.5 Å². The Kier molecular flexibility index (Phi) is 4.77. The third-order valence-electron chi connectivity index (χ3n) is 2.67. The molecule has 1 aromatic rings. The van der Waals surface area contributed by atoms with Gasteiger partial charge in [-0.2, -0.15) is 0 Å². The molecule has 0 unspecified atom stereocenters. The average Bonchev–Trinajstić information content (AvgIpc) is 2.20. The van der Waals surface area contributed by atoms with Gasteiger partial charge >= 0.3 is 0 Å². The summed E-state index contributed by atoms with van der Waals surface area (Å²) in [5.74, 6) is 0. The van der Waals surface area contributed by atoms with Gasteiger partial charge in [-0.1, -0.05) is 17.7 Å².